The Morgan fingerprint density at radius 2 is 1.61 bits per heavy atom. The van der Waals surface area contributed by atoms with Crippen LogP contribution in [0.2, 0.25) is 0 Å². The number of amides is 2. The lowest BCUT2D eigenvalue weighted by molar-refractivity contribution is -0.116. The number of carbonyl (C=O) groups is 2. The van der Waals surface area contributed by atoms with Gasteiger partial charge in [-0.25, -0.2) is 0 Å². The van der Waals surface area contributed by atoms with Crippen LogP contribution in [0.4, 0.5) is 17.1 Å². The first-order valence-electron chi connectivity index (χ1n) is 11.3. The predicted molar refractivity (Wildman–Crippen MR) is 153 cm³/mol. The Labute approximate surface area is 227 Å². The number of hydrogen-bond donors (Lipinski definition) is 3. The molecule has 0 aliphatic rings. The Balaban J connectivity index is 1.39. The second-order valence-corrected chi connectivity index (χ2v) is 10.1. The Morgan fingerprint density at radius 3 is 2.33 bits per heavy atom. The van der Waals surface area contributed by atoms with Crippen molar-refractivity contribution in [3.05, 3.63) is 88.3 Å². The zero-order valence-electron chi connectivity index (χ0n) is 19.6. The molecule has 10 heteroatoms. The van der Waals surface area contributed by atoms with E-state index >= 15 is 0 Å². The summed E-state index contributed by atoms with van der Waals surface area (Å²) in [7, 11) is 0. The third-order valence-electron chi connectivity index (χ3n) is 5.04. The summed E-state index contributed by atoms with van der Waals surface area (Å²) in [5.41, 5.74) is 3.24. The molecule has 1 heterocycles. The highest BCUT2D eigenvalue weighted by atomic mass is 127. The summed E-state index contributed by atoms with van der Waals surface area (Å²) in [4.78, 5) is 23.8. The Kier molecular flexibility index (Phi) is 8.95. The van der Waals surface area contributed by atoms with Gasteiger partial charge in [0.25, 0.3) is 0 Å². The van der Waals surface area contributed by atoms with Crippen molar-refractivity contribution < 1.29 is 9.59 Å². The summed E-state index contributed by atoms with van der Waals surface area (Å²) in [5.74, 6) is 1.04. The van der Waals surface area contributed by atoms with Crippen LogP contribution >= 0.6 is 34.4 Å². The van der Waals surface area contributed by atoms with Crippen LogP contribution in [-0.2, 0) is 16.1 Å². The van der Waals surface area contributed by atoms with E-state index in [1.807, 2.05) is 59.2 Å². The van der Waals surface area contributed by atoms with Crippen molar-refractivity contribution in [3.8, 4) is 5.69 Å². The molecule has 2 amide bonds. The molecule has 0 fully saturated rings. The summed E-state index contributed by atoms with van der Waals surface area (Å²) < 4.78 is 3.19. The van der Waals surface area contributed by atoms with Crippen LogP contribution in [0.5, 0.6) is 0 Å². The lowest BCUT2D eigenvalue weighted by Gasteiger charge is -2.12. The third-order valence-corrected chi connectivity index (χ3v) is 6.69. The van der Waals surface area contributed by atoms with Crippen molar-refractivity contribution in [1.29, 1.82) is 0 Å². The maximum Gasteiger partial charge on any atom is 0.225 e. The van der Waals surface area contributed by atoms with E-state index in [4.69, 9.17) is 0 Å². The van der Waals surface area contributed by atoms with Crippen LogP contribution in [0, 0.1) is 3.57 Å². The molecule has 0 aliphatic heterocycles. The second kappa shape index (κ2) is 12.5. The monoisotopic (exact) mass is 612 g/mol. The fraction of sp³-hybridized carbons (Fsp3) is 0.154. The van der Waals surface area contributed by atoms with E-state index in [0.717, 1.165) is 22.4 Å². The number of rotatable bonds is 10. The van der Waals surface area contributed by atoms with Crippen molar-refractivity contribution in [1.82, 2.24) is 14.8 Å². The second-order valence-electron chi connectivity index (χ2n) is 7.84. The summed E-state index contributed by atoms with van der Waals surface area (Å²) in [5, 5.41) is 18.5. The molecular formula is C26H25IN6O2S. The molecule has 0 bridgehead atoms. The molecule has 3 N–H and O–H groups in total. The van der Waals surface area contributed by atoms with Gasteiger partial charge in [-0.1, -0.05) is 36.0 Å². The first-order valence-corrected chi connectivity index (χ1v) is 13.3. The fourth-order valence-corrected chi connectivity index (χ4v) is 4.70. The summed E-state index contributed by atoms with van der Waals surface area (Å²) in [6.45, 7) is 1.95. The number of thioether (sulfide) groups is 1. The minimum absolute atomic E-state index is 0.117. The topological polar surface area (TPSA) is 101 Å². The van der Waals surface area contributed by atoms with Gasteiger partial charge in [0.05, 0.1) is 6.54 Å². The molecule has 0 unspecified atom stereocenters. The molecule has 0 saturated carbocycles. The number of aromatic nitrogens is 3. The van der Waals surface area contributed by atoms with Gasteiger partial charge in [-0.2, -0.15) is 0 Å². The quantitative estimate of drug-likeness (QED) is 0.160. The fourth-order valence-electron chi connectivity index (χ4n) is 3.43. The van der Waals surface area contributed by atoms with E-state index in [-0.39, 0.29) is 11.8 Å². The first kappa shape index (κ1) is 25.7. The molecule has 36 heavy (non-hydrogen) atoms. The zero-order chi connectivity index (χ0) is 25.3. The highest BCUT2D eigenvalue weighted by molar-refractivity contribution is 14.1. The zero-order valence-corrected chi connectivity index (χ0v) is 22.5. The Morgan fingerprint density at radius 1 is 0.889 bits per heavy atom. The number of para-hydroxylation sites is 1. The van der Waals surface area contributed by atoms with Crippen LogP contribution in [0.3, 0.4) is 0 Å². The summed E-state index contributed by atoms with van der Waals surface area (Å²) >= 11 is 3.76. The summed E-state index contributed by atoms with van der Waals surface area (Å²) in [6.07, 6.45) is 0.299. The minimum atomic E-state index is -0.162. The van der Waals surface area contributed by atoms with Crippen molar-refractivity contribution in [2.75, 3.05) is 21.7 Å². The highest BCUT2D eigenvalue weighted by Crippen LogP contribution is 2.24. The van der Waals surface area contributed by atoms with Gasteiger partial charge < -0.3 is 16.0 Å². The number of carbonyl (C=O) groups excluding carboxylic acids is 2. The molecule has 8 nitrogen and oxygen atoms in total. The van der Waals surface area contributed by atoms with E-state index in [2.05, 4.69) is 48.7 Å². The molecule has 0 radical (unpaired) electrons. The highest BCUT2D eigenvalue weighted by Gasteiger charge is 2.15. The van der Waals surface area contributed by atoms with Gasteiger partial charge in [0.1, 0.15) is 0 Å². The van der Waals surface area contributed by atoms with Crippen LogP contribution in [0.15, 0.2) is 84.0 Å². The molecular weight excluding hydrogens is 587 g/mol. The third kappa shape index (κ3) is 7.31. The van der Waals surface area contributed by atoms with Gasteiger partial charge in [-0.3, -0.25) is 14.2 Å². The lowest BCUT2D eigenvalue weighted by Crippen LogP contribution is -2.13. The molecule has 0 spiro atoms. The molecule has 4 aromatic rings. The smallest absolute Gasteiger partial charge is 0.225 e. The molecule has 0 aliphatic carbocycles. The van der Waals surface area contributed by atoms with Gasteiger partial charge >= 0.3 is 0 Å². The Hall–Kier alpha value is -3.38. The van der Waals surface area contributed by atoms with Crippen LogP contribution in [0.1, 0.15) is 19.2 Å². The van der Waals surface area contributed by atoms with Crippen LogP contribution < -0.4 is 16.0 Å². The predicted octanol–water partition coefficient (Wildman–Crippen LogP) is 5.56. The van der Waals surface area contributed by atoms with Gasteiger partial charge in [0.2, 0.25) is 11.8 Å². The molecule has 1 aromatic heterocycles. The number of hydrogen-bond acceptors (Lipinski definition) is 6. The largest absolute Gasteiger partial charge is 0.378 e. The first-order chi connectivity index (χ1) is 17.5. The maximum atomic E-state index is 12.5. The van der Waals surface area contributed by atoms with E-state index < -0.39 is 0 Å². The van der Waals surface area contributed by atoms with Gasteiger partial charge in [0, 0.05) is 45.4 Å². The molecule has 3 aromatic carbocycles. The van der Waals surface area contributed by atoms with E-state index in [1.165, 1.54) is 22.3 Å². The Bertz CT molecular complexity index is 1330. The van der Waals surface area contributed by atoms with Crippen LogP contribution in [0.25, 0.3) is 5.69 Å². The van der Waals surface area contributed by atoms with E-state index in [9.17, 15) is 9.59 Å². The SMILES string of the molecule is CC(=O)Nc1cccc(NC(=O)CCSc2nnc(CNc3ccc(I)cc3)n2-c2ccccc2)c1. The van der Waals surface area contributed by atoms with Gasteiger partial charge in [0.15, 0.2) is 11.0 Å². The van der Waals surface area contributed by atoms with Crippen LogP contribution in [-0.4, -0.2) is 32.3 Å². The van der Waals surface area contributed by atoms with E-state index in [1.54, 1.807) is 24.3 Å². The van der Waals surface area contributed by atoms with Crippen molar-refractivity contribution in [2.24, 2.45) is 0 Å². The average Bonchev–Trinajstić information content (AvgIpc) is 3.26. The number of anilines is 3. The molecule has 4 rings (SSSR count). The lowest BCUT2D eigenvalue weighted by atomic mass is 10.2. The number of nitrogens with zero attached hydrogens (tertiary/aromatic N) is 3. The maximum absolute atomic E-state index is 12.5. The number of halogens is 1. The number of nitrogens with one attached hydrogen (secondary N) is 3. The molecule has 0 saturated heterocycles. The van der Waals surface area contributed by atoms with Crippen molar-refractivity contribution >= 4 is 63.2 Å². The van der Waals surface area contributed by atoms with Gasteiger partial charge in [-0.05, 0) is 77.2 Å². The standard InChI is InChI=1S/C26H25IN6O2S/c1-18(34)29-21-6-5-7-22(16-21)30-25(35)14-15-36-26-32-31-24(33(26)23-8-3-2-4-9-23)17-28-20-12-10-19(27)11-13-20/h2-13,16,28H,14-15,17H2,1H3,(H,29,34)(H,30,35). The summed E-state index contributed by atoms with van der Waals surface area (Å²) in [6, 6.07) is 25.2. The van der Waals surface area contributed by atoms with Gasteiger partial charge in [-0.15, -0.1) is 10.2 Å². The van der Waals surface area contributed by atoms with Crippen molar-refractivity contribution in [2.45, 2.75) is 25.0 Å². The molecule has 184 valence electrons. The average molecular weight is 612 g/mol. The van der Waals surface area contributed by atoms with Crippen molar-refractivity contribution in [3.63, 3.8) is 0 Å². The number of benzene rings is 3. The minimum Gasteiger partial charge on any atom is -0.378 e. The normalized spacial score (nSPS) is 10.6. The van der Waals surface area contributed by atoms with E-state index in [0.29, 0.717) is 30.1 Å². The molecule has 0 atom stereocenters.